The first kappa shape index (κ1) is 24.8. The summed E-state index contributed by atoms with van der Waals surface area (Å²) in [5.74, 6) is 2.05. The van der Waals surface area contributed by atoms with Crippen molar-refractivity contribution in [1.82, 2.24) is 15.0 Å². The van der Waals surface area contributed by atoms with Crippen LogP contribution in [0.1, 0.15) is 38.2 Å². The van der Waals surface area contributed by atoms with Crippen LogP contribution >= 0.6 is 0 Å². The second-order valence-corrected chi connectivity index (χ2v) is 10.4. The van der Waals surface area contributed by atoms with Gasteiger partial charge in [0.1, 0.15) is 17.2 Å². The summed E-state index contributed by atoms with van der Waals surface area (Å²) in [6, 6.07) is 9.86. The monoisotopic (exact) mass is 519 g/mol. The Kier molecular flexibility index (Phi) is 6.53. The predicted molar refractivity (Wildman–Crippen MR) is 142 cm³/mol. The van der Waals surface area contributed by atoms with Crippen LogP contribution in [0.15, 0.2) is 30.3 Å². The van der Waals surface area contributed by atoms with E-state index in [4.69, 9.17) is 29.2 Å². The number of anilines is 2. The zero-order chi connectivity index (χ0) is 26.3. The Labute approximate surface area is 221 Å². The Morgan fingerprint density at radius 1 is 1.11 bits per heavy atom. The van der Waals surface area contributed by atoms with Crippen LogP contribution in [0, 0.1) is 0 Å². The average molecular weight is 520 g/mol. The summed E-state index contributed by atoms with van der Waals surface area (Å²) in [5.41, 5.74) is 2.62. The van der Waals surface area contributed by atoms with E-state index in [9.17, 15) is 9.90 Å². The van der Waals surface area contributed by atoms with Gasteiger partial charge < -0.3 is 29.1 Å². The number of nitrogens with zero attached hydrogens (tertiary/aromatic N) is 5. The van der Waals surface area contributed by atoms with Gasteiger partial charge in [0.2, 0.25) is 5.95 Å². The lowest BCUT2D eigenvalue weighted by molar-refractivity contribution is -0.149. The number of carbonyl (C=O) groups excluding carboxylic acids is 1. The first-order valence-corrected chi connectivity index (χ1v) is 13.3. The number of aliphatic hydroxyl groups is 1. The smallest absolute Gasteiger partial charge is 0.306 e. The van der Waals surface area contributed by atoms with Gasteiger partial charge >= 0.3 is 5.97 Å². The number of fused-ring (bicyclic) bond motifs is 1. The van der Waals surface area contributed by atoms with Crippen LogP contribution in [-0.2, 0) is 20.9 Å². The lowest BCUT2D eigenvalue weighted by Gasteiger charge is -2.39. The van der Waals surface area contributed by atoms with E-state index in [1.165, 1.54) is 0 Å². The Bertz CT molecular complexity index is 1360. The average Bonchev–Trinajstić information content (AvgIpc) is 3.31. The summed E-state index contributed by atoms with van der Waals surface area (Å²) in [6.45, 7) is 5.47. The summed E-state index contributed by atoms with van der Waals surface area (Å²) < 4.78 is 16.8. The minimum atomic E-state index is -0.337. The largest absolute Gasteiger partial charge is 0.496 e. The number of aromatic nitrogens is 3. The molecule has 2 aromatic heterocycles. The number of methoxy groups -OCH3 is 1. The van der Waals surface area contributed by atoms with Crippen molar-refractivity contribution in [2.24, 2.45) is 0 Å². The molecule has 38 heavy (non-hydrogen) atoms. The molecule has 0 amide bonds. The number of benzene rings is 1. The number of carbonyl (C=O) groups is 1. The molecule has 3 aromatic rings. The van der Waals surface area contributed by atoms with Crippen LogP contribution in [0.3, 0.4) is 0 Å². The van der Waals surface area contributed by atoms with Crippen molar-refractivity contribution in [3.8, 4) is 17.0 Å². The molecule has 6 rings (SSSR count). The summed E-state index contributed by atoms with van der Waals surface area (Å²) >= 11 is 0. The topological polar surface area (TPSA) is 110 Å². The third kappa shape index (κ3) is 4.52. The molecular weight excluding hydrogens is 486 g/mol. The van der Waals surface area contributed by atoms with Crippen molar-refractivity contribution in [2.45, 2.75) is 50.9 Å². The molecule has 1 N–H and O–H groups in total. The van der Waals surface area contributed by atoms with Crippen molar-refractivity contribution in [3.63, 3.8) is 0 Å². The maximum absolute atomic E-state index is 11.8. The van der Waals surface area contributed by atoms with E-state index >= 15 is 0 Å². The van der Waals surface area contributed by atoms with Crippen LogP contribution in [-0.4, -0.2) is 77.6 Å². The molecule has 3 aliphatic rings. The van der Waals surface area contributed by atoms with E-state index in [1.54, 1.807) is 7.11 Å². The molecule has 0 aliphatic carbocycles. The Morgan fingerprint density at radius 3 is 2.66 bits per heavy atom. The second-order valence-electron chi connectivity index (χ2n) is 10.4. The molecule has 0 saturated carbocycles. The van der Waals surface area contributed by atoms with Gasteiger partial charge in [-0.1, -0.05) is 0 Å². The van der Waals surface area contributed by atoms with Gasteiger partial charge in [-0.15, -0.1) is 0 Å². The first-order valence-electron chi connectivity index (χ1n) is 13.3. The number of rotatable bonds is 5. The van der Waals surface area contributed by atoms with Gasteiger partial charge in [-0.25, -0.2) is 4.98 Å². The third-order valence-corrected chi connectivity index (χ3v) is 7.99. The second kappa shape index (κ2) is 9.99. The van der Waals surface area contributed by atoms with E-state index in [-0.39, 0.29) is 24.2 Å². The van der Waals surface area contributed by atoms with Crippen LogP contribution in [0.25, 0.3) is 22.3 Å². The van der Waals surface area contributed by atoms with Gasteiger partial charge in [0.05, 0.1) is 44.1 Å². The normalized spacial score (nSPS) is 21.2. The number of esters is 1. The van der Waals surface area contributed by atoms with Crippen molar-refractivity contribution in [1.29, 1.82) is 0 Å². The summed E-state index contributed by atoms with van der Waals surface area (Å²) in [7, 11) is 1.59. The Morgan fingerprint density at radius 2 is 1.95 bits per heavy atom. The molecule has 3 fully saturated rings. The molecule has 1 spiro atoms. The van der Waals surface area contributed by atoms with Gasteiger partial charge in [0.15, 0.2) is 5.65 Å². The number of piperidine rings is 1. The van der Waals surface area contributed by atoms with Crippen molar-refractivity contribution in [2.75, 3.05) is 49.8 Å². The third-order valence-electron chi connectivity index (χ3n) is 7.99. The van der Waals surface area contributed by atoms with Gasteiger partial charge in [-0.3, -0.25) is 4.79 Å². The fraction of sp³-hybridized carbons (Fsp3) is 0.500. The molecule has 0 unspecified atom stereocenters. The summed E-state index contributed by atoms with van der Waals surface area (Å²) in [4.78, 5) is 31.2. The Hall–Kier alpha value is -3.50. The molecule has 3 saturated heterocycles. The zero-order valence-corrected chi connectivity index (χ0v) is 21.9. The van der Waals surface area contributed by atoms with E-state index in [2.05, 4.69) is 16.7 Å². The SMILES string of the molecule is COc1ccc(-c2ccc3c(N4CCOC[C@@H]4C)nc(N4CCC5(CCC(=O)O5)CC4)nc3n2)cc1CO. The van der Waals surface area contributed by atoms with Crippen LogP contribution < -0.4 is 14.5 Å². The molecule has 1 atom stereocenters. The van der Waals surface area contributed by atoms with Gasteiger partial charge in [-0.2, -0.15) is 9.97 Å². The number of morpholine rings is 1. The highest BCUT2D eigenvalue weighted by atomic mass is 16.6. The minimum Gasteiger partial charge on any atom is -0.496 e. The van der Waals surface area contributed by atoms with Crippen molar-refractivity contribution >= 4 is 28.8 Å². The minimum absolute atomic E-state index is 0.0939. The molecule has 200 valence electrons. The number of pyridine rings is 1. The molecule has 3 aliphatic heterocycles. The van der Waals surface area contributed by atoms with Crippen molar-refractivity contribution in [3.05, 3.63) is 35.9 Å². The number of aliphatic hydroxyl groups excluding tert-OH is 1. The van der Waals surface area contributed by atoms with Gasteiger partial charge in [0.25, 0.3) is 0 Å². The fourth-order valence-electron chi connectivity index (χ4n) is 5.75. The molecule has 5 heterocycles. The fourth-order valence-corrected chi connectivity index (χ4v) is 5.75. The molecular formula is C28H33N5O5. The predicted octanol–water partition coefficient (Wildman–Crippen LogP) is 3.09. The van der Waals surface area contributed by atoms with E-state index < -0.39 is 0 Å². The van der Waals surface area contributed by atoms with Crippen LogP contribution in [0.4, 0.5) is 11.8 Å². The molecule has 10 nitrogen and oxygen atoms in total. The van der Waals surface area contributed by atoms with Gasteiger partial charge in [0, 0.05) is 50.0 Å². The Balaban J connectivity index is 1.39. The highest BCUT2D eigenvalue weighted by molar-refractivity contribution is 5.90. The highest BCUT2D eigenvalue weighted by Gasteiger charge is 2.43. The molecule has 0 radical (unpaired) electrons. The zero-order valence-electron chi connectivity index (χ0n) is 21.9. The number of ether oxygens (including phenoxy) is 3. The maximum Gasteiger partial charge on any atom is 0.306 e. The molecule has 1 aromatic carbocycles. The van der Waals surface area contributed by atoms with E-state index in [0.717, 1.165) is 61.4 Å². The summed E-state index contributed by atoms with van der Waals surface area (Å²) in [5, 5.41) is 10.7. The standard InChI is InChI=1S/C28H33N5O5/c1-18-17-37-14-13-33(18)26-21-4-5-22(19-3-6-23(36-2)20(15-19)16-34)29-25(21)30-27(31-26)32-11-9-28(10-12-32)8-7-24(35)38-28/h3-6,15,18,34H,7-14,16-17H2,1-2H3/t18-/m0/s1. The number of hydrogen-bond acceptors (Lipinski definition) is 10. The van der Waals surface area contributed by atoms with Crippen LogP contribution in [0.5, 0.6) is 5.75 Å². The highest BCUT2D eigenvalue weighted by Crippen LogP contribution is 2.38. The van der Waals surface area contributed by atoms with E-state index in [1.807, 2.05) is 30.3 Å². The summed E-state index contributed by atoms with van der Waals surface area (Å²) in [6.07, 6.45) is 2.83. The lowest BCUT2D eigenvalue weighted by atomic mass is 9.89. The maximum atomic E-state index is 11.8. The van der Waals surface area contributed by atoms with Crippen LogP contribution in [0.2, 0.25) is 0 Å². The van der Waals surface area contributed by atoms with Crippen molar-refractivity contribution < 1.29 is 24.1 Å². The molecule has 0 bridgehead atoms. The quantitative estimate of drug-likeness (QED) is 0.505. The number of hydrogen-bond donors (Lipinski definition) is 1. The first-order chi connectivity index (χ1) is 18.5. The lowest BCUT2D eigenvalue weighted by Crippen LogP contribution is -2.46. The molecule has 10 heteroatoms. The van der Waals surface area contributed by atoms with E-state index in [0.29, 0.717) is 42.5 Å². The van der Waals surface area contributed by atoms with Gasteiger partial charge in [-0.05, 0) is 43.7 Å².